The summed E-state index contributed by atoms with van der Waals surface area (Å²) in [7, 11) is 0. The van der Waals surface area contributed by atoms with E-state index < -0.39 is 23.5 Å². The second-order valence-corrected chi connectivity index (χ2v) is 12.3. The lowest BCUT2D eigenvalue weighted by Gasteiger charge is -2.24. The second kappa shape index (κ2) is 14.9. The van der Waals surface area contributed by atoms with E-state index in [0.29, 0.717) is 33.6 Å². The molecule has 1 unspecified atom stereocenters. The lowest BCUT2D eigenvalue weighted by molar-refractivity contribution is -0.117. The van der Waals surface area contributed by atoms with Gasteiger partial charge in [0.2, 0.25) is 5.13 Å². The average Bonchev–Trinajstić information content (AvgIpc) is 3.62. The number of amides is 1. The van der Waals surface area contributed by atoms with Gasteiger partial charge in [-0.3, -0.25) is 14.5 Å². The van der Waals surface area contributed by atoms with E-state index in [2.05, 4.69) is 17.1 Å². The molecule has 4 aromatic rings. The minimum Gasteiger partial charge on any atom is -0.503 e. The smallest absolute Gasteiger partial charge is 0.296 e. The number of thioether (sulfide) groups is 1. The van der Waals surface area contributed by atoms with Gasteiger partial charge in [-0.2, -0.15) is 0 Å². The number of benzene rings is 3. The Bertz CT molecular complexity index is 1650. The number of unbranched alkanes of at least 4 members (excludes halogenated alkanes) is 3. The fourth-order valence-electron chi connectivity index (χ4n) is 4.77. The molecule has 3 aromatic carbocycles. The molecule has 1 aliphatic rings. The monoisotopic (exact) mass is 629 g/mol. The van der Waals surface area contributed by atoms with E-state index in [1.54, 1.807) is 48.5 Å². The minimum atomic E-state index is -0.939. The lowest BCUT2D eigenvalue weighted by atomic mass is 9.95. The van der Waals surface area contributed by atoms with Crippen molar-refractivity contribution in [3.8, 4) is 5.75 Å². The SMILES string of the molecule is CCCCCCOc1ccc(C2C(C(=O)C=Cc3ccccc3)=C(O)C(=O)N2c2nnc(SCc3ccccc3F)s2)cc1. The molecule has 1 amide bonds. The van der Waals surface area contributed by atoms with Crippen LogP contribution in [0.1, 0.15) is 55.3 Å². The standard InChI is InChI=1S/C34H32FN3O4S2/c1-2-3-4-10-21-42-26-18-16-24(17-19-26)30-29(28(39)20-15-23-11-6-5-7-12-23)31(40)32(41)38(30)33-36-37-34(44-33)43-22-25-13-8-9-14-27(25)35/h5-9,11-20,30,40H,2-4,10,21-22H2,1H3. The number of nitrogens with zero attached hydrogens (tertiary/aromatic N) is 3. The quantitative estimate of drug-likeness (QED) is 0.0652. The van der Waals surface area contributed by atoms with Crippen LogP contribution in [-0.2, 0) is 15.3 Å². The summed E-state index contributed by atoms with van der Waals surface area (Å²) in [5.74, 6) is -1.19. The highest BCUT2D eigenvalue weighted by atomic mass is 32.2. The van der Waals surface area contributed by atoms with Crippen molar-refractivity contribution in [3.05, 3.63) is 119 Å². The fourth-order valence-corrected chi connectivity index (χ4v) is 6.63. The molecule has 10 heteroatoms. The molecule has 0 bridgehead atoms. The van der Waals surface area contributed by atoms with Crippen molar-refractivity contribution in [2.45, 2.75) is 48.7 Å². The summed E-state index contributed by atoms with van der Waals surface area (Å²) in [4.78, 5) is 28.3. The summed E-state index contributed by atoms with van der Waals surface area (Å²) >= 11 is 2.43. The largest absolute Gasteiger partial charge is 0.503 e. The Labute approximate surface area is 264 Å². The van der Waals surface area contributed by atoms with E-state index in [1.807, 2.05) is 30.3 Å². The fraction of sp³-hybridized carbons (Fsp3) is 0.235. The number of carbonyl (C=O) groups excluding carboxylic acids is 2. The minimum absolute atomic E-state index is 0.0498. The molecule has 2 heterocycles. The predicted molar refractivity (Wildman–Crippen MR) is 172 cm³/mol. The molecule has 1 atom stereocenters. The molecular weight excluding hydrogens is 598 g/mol. The zero-order valence-electron chi connectivity index (χ0n) is 24.2. The van der Waals surface area contributed by atoms with E-state index in [-0.39, 0.29) is 16.5 Å². The van der Waals surface area contributed by atoms with Crippen molar-refractivity contribution in [2.24, 2.45) is 0 Å². The molecule has 1 aliphatic heterocycles. The summed E-state index contributed by atoms with van der Waals surface area (Å²) in [6.07, 6.45) is 7.36. The second-order valence-electron chi connectivity index (χ2n) is 10.2. The molecule has 1 aromatic heterocycles. The van der Waals surface area contributed by atoms with Crippen LogP contribution in [-0.4, -0.2) is 33.6 Å². The molecule has 0 aliphatic carbocycles. The number of halogens is 1. The first-order valence-corrected chi connectivity index (χ1v) is 16.2. The first-order valence-electron chi connectivity index (χ1n) is 14.4. The summed E-state index contributed by atoms with van der Waals surface area (Å²) in [6.45, 7) is 2.76. The highest BCUT2D eigenvalue weighted by molar-refractivity contribution is 8.00. The molecular formula is C34H32FN3O4S2. The van der Waals surface area contributed by atoms with Crippen molar-refractivity contribution in [3.63, 3.8) is 0 Å². The van der Waals surface area contributed by atoms with E-state index in [4.69, 9.17) is 4.74 Å². The van der Waals surface area contributed by atoms with Crippen LogP contribution in [0.25, 0.3) is 6.08 Å². The number of aliphatic hydroxyl groups is 1. The van der Waals surface area contributed by atoms with E-state index in [9.17, 15) is 19.1 Å². The van der Waals surface area contributed by atoms with Crippen molar-refractivity contribution in [1.29, 1.82) is 0 Å². The number of ketones is 1. The number of anilines is 1. The van der Waals surface area contributed by atoms with Crippen molar-refractivity contribution >= 4 is 46.0 Å². The average molecular weight is 630 g/mol. The third-order valence-corrected chi connectivity index (χ3v) is 9.18. The van der Waals surface area contributed by atoms with Gasteiger partial charge in [0.05, 0.1) is 18.2 Å². The van der Waals surface area contributed by atoms with E-state index >= 15 is 0 Å². The van der Waals surface area contributed by atoms with E-state index in [1.165, 1.54) is 28.8 Å². The summed E-state index contributed by atoms with van der Waals surface area (Å²) in [5.41, 5.74) is 1.88. The number of hydrogen-bond acceptors (Lipinski definition) is 8. The maximum Gasteiger partial charge on any atom is 0.296 e. The zero-order chi connectivity index (χ0) is 30.9. The number of rotatable bonds is 14. The normalized spacial score (nSPS) is 15.0. The van der Waals surface area contributed by atoms with Gasteiger partial charge in [0.15, 0.2) is 15.9 Å². The summed E-state index contributed by atoms with van der Waals surface area (Å²) in [6, 6.07) is 22.0. The zero-order valence-corrected chi connectivity index (χ0v) is 25.8. The van der Waals surface area contributed by atoms with Gasteiger partial charge in [-0.05, 0) is 47.4 Å². The number of carbonyl (C=O) groups is 2. The van der Waals surface area contributed by atoms with Crippen LogP contribution in [0.5, 0.6) is 5.75 Å². The van der Waals surface area contributed by atoms with Gasteiger partial charge in [0.25, 0.3) is 5.91 Å². The highest BCUT2D eigenvalue weighted by Gasteiger charge is 2.45. The summed E-state index contributed by atoms with van der Waals surface area (Å²) < 4.78 is 20.5. The van der Waals surface area contributed by atoms with Crippen LogP contribution >= 0.6 is 23.1 Å². The Balaban J connectivity index is 1.41. The Morgan fingerprint density at radius 1 is 1.02 bits per heavy atom. The molecule has 0 fully saturated rings. The van der Waals surface area contributed by atoms with Gasteiger partial charge >= 0.3 is 0 Å². The predicted octanol–water partition coefficient (Wildman–Crippen LogP) is 8.11. The van der Waals surface area contributed by atoms with Crippen molar-refractivity contribution in [2.75, 3.05) is 11.5 Å². The van der Waals surface area contributed by atoms with Crippen LogP contribution in [0.3, 0.4) is 0 Å². The Morgan fingerprint density at radius 3 is 2.52 bits per heavy atom. The van der Waals surface area contributed by atoms with Gasteiger partial charge in [-0.25, -0.2) is 4.39 Å². The van der Waals surface area contributed by atoms with Gasteiger partial charge in [-0.15, -0.1) is 10.2 Å². The molecule has 7 nitrogen and oxygen atoms in total. The Morgan fingerprint density at radius 2 is 1.77 bits per heavy atom. The van der Waals surface area contributed by atoms with Crippen molar-refractivity contribution < 1.29 is 23.8 Å². The van der Waals surface area contributed by atoms with E-state index in [0.717, 1.165) is 42.6 Å². The molecule has 1 N–H and O–H groups in total. The third kappa shape index (κ3) is 7.43. The van der Waals surface area contributed by atoms with Crippen LogP contribution in [0.4, 0.5) is 9.52 Å². The molecule has 226 valence electrons. The van der Waals surface area contributed by atoms with Crippen molar-refractivity contribution in [1.82, 2.24) is 10.2 Å². The molecule has 0 spiro atoms. The number of aromatic nitrogens is 2. The molecule has 0 radical (unpaired) electrons. The maximum absolute atomic E-state index is 14.1. The lowest BCUT2D eigenvalue weighted by Crippen LogP contribution is -2.30. The first kappa shape index (κ1) is 31.2. The van der Waals surface area contributed by atoms with Gasteiger partial charge < -0.3 is 9.84 Å². The highest BCUT2D eigenvalue weighted by Crippen LogP contribution is 2.43. The van der Waals surface area contributed by atoms with Gasteiger partial charge in [-0.1, -0.05) is 116 Å². The van der Waals surface area contributed by atoms with Crippen LogP contribution in [0.15, 0.2) is 101 Å². The summed E-state index contributed by atoms with van der Waals surface area (Å²) in [5, 5.41) is 19.7. The topological polar surface area (TPSA) is 92.6 Å². The molecule has 0 saturated carbocycles. The van der Waals surface area contributed by atoms with Crippen LogP contribution in [0.2, 0.25) is 0 Å². The number of aliphatic hydroxyl groups excluding tert-OH is 1. The Kier molecular flexibility index (Phi) is 10.6. The molecule has 5 rings (SSSR count). The van der Waals surface area contributed by atoms with Crippen LogP contribution < -0.4 is 9.64 Å². The number of hydrogen-bond donors (Lipinski definition) is 1. The number of ether oxygens (including phenoxy) is 1. The number of allylic oxidation sites excluding steroid dienone is 1. The maximum atomic E-state index is 14.1. The van der Waals surface area contributed by atoms with Gasteiger partial charge in [0, 0.05) is 5.75 Å². The third-order valence-electron chi connectivity index (χ3n) is 7.07. The Hall–Kier alpha value is -4.28. The van der Waals surface area contributed by atoms with Gasteiger partial charge in [0.1, 0.15) is 11.6 Å². The molecule has 44 heavy (non-hydrogen) atoms. The molecule has 0 saturated heterocycles. The first-order chi connectivity index (χ1) is 21.5. The van der Waals surface area contributed by atoms with Crippen LogP contribution in [0, 0.1) is 5.82 Å².